The molecule has 0 aliphatic carbocycles. The number of sulfonamides is 1. The Morgan fingerprint density at radius 1 is 0.953 bits per heavy atom. The summed E-state index contributed by atoms with van der Waals surface area (Å²) in [5, 5.41) is 10.5. The summed E-state index contributed by atoms with van der Waals surface area (Å²) < 4.78 is 102. The number of benzene rings is 3. The summed E-state index contributed by atoms with van der Waals surface area (Å²) in [6.45, 7) is 3.10. The summed E-state index contributed by atoms with van der Waals surface area (Å²) in [6.07, 6.45) is -3.73. The second-order valence-corrected chi connectivity index (χ2v) is 12.6. The van der Waals surface area contributed by atoms with E-state index in [0.717, 1.165) is 28.8 Å². The van der Waals surface area contributed by atoms with Gasteiger partial charge < -0.3 is 10.2 Å². The fourth-order valence-corrected chi connectivity index (χ4v) is 4.94. The van der Waals surface area contributed by atoms with Crippen LogP contribution in [-0.4, -0.2) is 38.1 Å². The quantitative estimate of drug-likeness (QED) is 0.215. The molecule has 0 amide bonds. The van der Waals surface area contributed by atoms with Gasteiger partial charge in [0.2, 0.25) is 21.8 Å². The minimum Gasteiger partial charge on any atom is -0.419 e. The number of nitrogens with two attached hydrogens (primary N) is 1. The van der Waals surface area contributed by atoms with E-state index >= 15 is 0 Å². The minimum atomic E-state index is -4.82. The highest BCUT2D eigenvalue weighted by Crippen LogP contribution is 2.39. The molecule has 4 aromatic rings. The van der Waals surface area contributed by atoms with Crippen LogP contribution in [0, 0.1) is 11.6 Å². The number of anilines is 1. The Balaban J connectivity index is 1.76. The van der Waals surface area contributed by atoms with Crippen molar-refractivity contribution in [1.82, 2.24) is 15.5 Å². The van der Waals surface area contributed by atoms with E-state index in [9.17, 15) is 30.4 Å². The molecule has 0 saturated heterocycles. The van der Waals surface area contributed by atoms with Crippen LogP contribution in [0.1, 0.15) is 48.5 Å². The van der Waals surface area contributed by atoms with Gasteiger partial charge in [-0.15, -0.1) is 10.2 Å². The highest BCUT2D eigenvalue weighted by Gasteiger charge is 2.42. The second kappa shape index (κ2) is 12.0. The van der Waals surface area contributed by atoms with Crippen LogP contribution in [0.3, 0.4) is 0 Å². The summed E-state index contributed by atoms with van der Waals surface area (Å²) in [5.41, 5.74) is 5.90. The first-order valence-electron chi connectivity index (χ1n) is 13.0. The van der Waals surface area contributed by atoms with Gasteiger partial charge in [0.05, 0.1) is 17.5 Å². The lowest BCUT2D eigenvalue weighted by atomic mass is 9.94. The molecule has 8 nitrogen and oxygen atoms in total. The number of alkyl halides is 3. The maximum Gasteiger partial charge on any atom is 0.407 e. The molecular weight excluding hydrogens is 593 g/mol. The standard InChI is InChI=1S/C29H30F5N5O3S/c1-17(19-7-11-23(31)12-8-19)36-25(29(32,33)34)20-13-21(15-24(14-20)39(3)43(4,40)41)26-37-38-27(42-26)28(2,35)16-18-5-9-22(30)10-6-18/h5-15,17,25,36H,16,35H2,1-4H3/t17-,25?,28-/m1/s1. The van der Waals surface area contributed by atoms with Crippen LogP contribution in [0.2, 0.25) is 0 Å². The molecule has 43 heavy (non-hydrogen) atoms. The van der Waals surface area contributed by atoms with Crippen molar-refractivity contribution in [2.75, 3.05) is 17.6 Å². The van der Waals surface area contributed by atoms with Crippen molar-refractivity contribution in [3.63, 3.8) is 0 Å². The van der Waals surface area contributed by atoms with E-state index in [0.29, 0.717) is 11.1 Å². The van der Waals surface area contributed by atoms with Gasteiger partial charge in [0.25, 0.3) is 0 Å². The first kappa shape index (κ1) is 32.0. The van der Waals surface area contributed by atoms with Gasteiger partial charge in [-0.2, -0.15) is 13.2 Å². The smallest absolute Gasteiger partial charge is 0.407 e. The van der Waals surface area contributed by atoms with Crippen LogP contribution in [0.4, 0.5) is 27.6 Å². The van der Waals surface area contributed by atoms with Gasteiger partial charge >= 0.3 is 6.18 Å². The summed E-state index contributed by atoms with van der Waals surface area (Å²) in [4.78, 5) is 0. The number of hydrogen-bond donors (Lipinski definition) is 2. The Labute approximate surface area is 245 Å². The van der Waals surface area contributed by atoms with Crippen molar-refractivity contribution in [2.45, 2.75) is 44.1 Å². The van der Waals surface area contributed by atoms with E-state index in [-0.39, 0.29) is 35.0 Å². The lowest BCUT2D eigenvalue weighted by molar-refractivity contribution is -0.159. The Hall–Kier alpha value is -3.88. The molecule has 0 aliphatic rings. The maximum atomic E-state index is 14.5. The van der Waals surface area contributed by atoms with Gasteiger partial charge in [0.1, 0.15) is 17.7 Å². The lowest BCUT2D eigenvalue weighted by Crippen LogP contribution is -2.36. The average Bonchev–Trinajstić information content (AvgIpc) is 3.43. The van der Waals surface area contributed by atoms with Crippen molar-refractivity contribution in [2.24, 2.45) is 5.73 Å². The zero-order valence-corrected chi connectivity index (χ0v) is 24.5. The van der Waals surface area contributed by atoms with Crippen LogP contribution in [-0.2, 0) is 22.0 Å². The number of hydrogen-bond acceptors (Lipinski definition) is 7. The van der Waals surface area contributed by atoms with Crippen molar-refractivity contribution in [1.29, 1.82) is 0 Å². The summed E-state index contributed by atoms with van der Waals surface area (Å²) in [7, 11) is -2.67. The lowest BCUT2D eigenvalue weighted by Gasteiger charge is -2.28. The molecule has 1 heterocycles. The first-order chi connectivity index (χ1) is 19.9. The van der Waals surface area contributed by atoms with Gasteiger partial charge in [-0.3, -0.25) is 9.62 Å². The minimum absolute atomic E-state index is 0.0183. The van der Waals surface area contributed by atoms with Crippen LogP contribution in [0.5, 0.6) is 0 Å². The number of halogens is 5. The molecule has 230 valence electrons. The molecule has 4 rings (SSSR count). The fraction of sp³-hybridized carbons (Fsp3) is 0.310. The molecule has 0 radical (unpaired) electrons. The fourth-order valence-electron chi connectivity index (χ4n) is 4.45. The number of nitrogens with one attached hydrogen (secondary N) is 1. The molecule has 3 N–H and O–H groups in total. The third-order valence-electron chi connectivity index (χ3n) is 6.89. The average molecular weight is 624 g/mol. The highest BCUT2D eigenvalue weighted by molar-refractivity contribution is 7.92. The van der Waals surface area contributed by atoms with Crippen LogP contribution in [0.25, 0.3) is 11.5 Å². The van der Waals surface area contributed by atoms with E-state index in [1.54, 1.807) is 19.1 Å². The number of aromatic nitrogens is 2. The molecule has 3 aromatic carbocycles. The molecule has 1 unspecified atom stereocenters. The van der Waals surface area contributed by atoms with E-state index in [4.69, 9.17) is 10.2 Å². The van der Waals surface area contributed by atoms with Crippen molar-refractivity contribution < 1.29 is 34.8 Å². The third-order valence-corrected chi connectivity index (χ3v) is 8.10. The maximum absolute atomic E-state index is 14.5. The van der Waals surface area contributed by atoms with Gasteiger partial charge in [-0.25, -0.2) is 17.2 Å². The monoisotopic (exact) mass is 623 g/mol. The van der Waals surface area contributed by atoms with Crippen LogP contribution in [0.15, 0.2) is 71.1 Å². The predicted molar refractivity (Wildman–Crippen MR) is 151 cm³/mol. The molecule has 0 aliphatic heterocycles. The van der Waals surface area contributed by atoms with Crippen molar-refractivity contribution in [3.8, 4) is 11.5 Å². The van der Waals surface area contributed by atoms with E-state index in [2.05, 4.69) is 15.5 Å². The Kier molecular flexibility index (Phi) is 8.95. The number of nitrogens with zero attached hydrogens (tertiary/aromatic N) is 3. The molecule has 0 fully saturated rings. The molecule has 3 atom stereocenters. The van der Waals surface area contributed by atoms with E-state index in [1.807, 2.05) is 0 Å². The van der Waals surface area contributed by atoms with Crippen molar-refractivity contribution >= 4 is 15.7 Å². The summed E-state index contributed by atoms with van der Waals surface area (Å²) in [5.74, 6) is -1.18. The van der Waals surface area contributed by atoms with Gasteiger partial charge in [-0.1, -0.05) is 24.3 Å². The van der Waals surface area contributed by atoms with Gasteiger partial charge in [0, 0.05) is 18.7 Å². The van der Waals surface area contributed by atoms with Crippen LogP contribution < -0.4 is 15.4 Å². The summed E-state index contributed by atoms with van der Waals surface area (Å²) in [6, 6.07) is 11.1. The second-order valence-electron chi connectivity index (χ2n) is 10.6. The highest BCUT2D eigenvalue weighted by atomic mass is 32.2. The third kappa shape index (κ3) is 7.75. The van der Waals surface area contributed by atoms with Gasteiger partial charge in [-0.05, 0) is 79.4 Å². The molecule has 0 spiro atoms. The molecule has 1 aromatic heterocycles. The van der Waals surface area contributed by atoms with Crippen LogP contribution >= 0.6 is 0 Å². The normalized spacial score (nSPS) is 15.1. The molecular formula is C29H30F5N5O3S. The zero-order chi connectivity index (χ0) is 31.7. The first-order valence-corrected chi connectivity index (χ1v) is 14.8. The molecule has 14 heteroatoms. The number of rotatable bonds is 10. The predicted octanol–water partition coefficient (Wildman–Crippen LogP) is 5.78. The van der Waals surface area contributed by atoms with Gasteiger partial charge in [0.15, 0.2) is 0 Å². The zero-order valence-electron chi connectivity index (χ0n) is 23.7. The van der Waals surface area contributed by atoms with Crippen molar-refractivity contribution in [3.05, 3.63) is 101 Å². The molecule has 0 bridgehead atoms. The summed E-state index contributed by atoms with van der Waals surface area (Å²) >= 11 is 0. The topological polar surface area (TPSA) is 114 Å². The van der Waals surface area contributed by atoms with E-state index < -0.39 is 45.5 Å². The Morgan fingerprint density at radius 3 is 2.09 bits per heavy atom. The Bertz CT molecular complexity index is 1670. The SMILES string of the molecule is C[C@@H](NC(c1cc(-c2nnc([C@](C)(N)Cc3ccc(F)cc3)o2)cc(N(C)S(C)(=O)=O)c1)C(F)(F)F)c1ccc(F)cc1. The Morgan fingerprint density at radius 2 is 1.53 bits per heavy atom. The molecule has 0 saturated carbocycles. The largest absolute Gasteiger partial charge is 0.419 e. The van der Waals surface area contributed by atoms with E-state index in [1.165, 1.54) is 50.4 Å².